The van der Waals surface area contributed by atoms with Crippen molar-refractivity contribution < 1.29 is 19.1 Å². The first-order valence-corrected chi connectivity index (χ1v) is 11.3. The van der Waals surface area contributed by atoms with Crippen molar-refractivity contribution in [2.45, 2.75) is 44.7 Å². The number of rotatable bonds is 6. The molecule has 3 amide bonds. The summed E-state index contributed by atoms with van der Waals surface area (Å²) < 4.78 is 5.42. The molecule has 9 heteroatoms. The molecule has 1 aromatic rings. The van der Waals surface area contributed by atoms with Gasteiger partial charge in [0.05, 0.1) is 12.8 Å². The maximum atomic E-state index is 13.3. The van der Waals surface area contributed by atoms with E-state index in [2.05, 4.69) is 11.3 Å². The minimum absolute atomic E-state index is 0.0679. The van der Waals surface area contributed by atoms with Crippen LogP contribution in [0.4, 0.5) is 10.5 Å². The van der Waals surface area contributed by atoms with Crippen LogP contribution in [0.2, 0.25) is 12.6 Å². The van der Waals surface area contributed by atoms with Gasteiger partial charge in [0.15, 0.2) is 0 Å². The number of methoxy groups -OCH3 is 1. The Morgan fingerprint density at radius 1 is 1.28 bits per heavy atom. The number of benzene rings is 1. The zero-order valence-electron chi connectivity index (χ0n) is 18.9. The van der Waals surface area contributed by atoms with Crippen molar-refractivity contribution in [1.82, 2.24) is 10.2 Å². The van der Waals surface area contributed by atoms with E-state index in [1.54, 1.807) is 18.2 Å². The summed E-state index contributed by atoms with van der Waals surface area (Å²) >= 11 is 0. The number of hydrogen-bond acceptors (Lipinski definition) is 5. The number of likely N-dealkylation sites (tertiary alicyclic amines) is 1. The number of amides is 3. The van der Waals surface area contributed by atoms with Gasteiger partial charge >= 0.3 is 6.03 Å². The van der Waals surface area contributed by atoms with Crippen LogP contribution in [0.3, 0.4) is 0 Å². The van der Waals surface area contributed by atoms with Gasteiger partial charge in [0.1, 0.15) is 12.0 Å². The second kappa shape index (κ2) is 10.5. The Labute approximate surface area is 190 Å². The quantitative estimate of drug-likeness (QED) is 0.543. The van der Waals surface area contributed by atoms with Crippen molar-refractivity contribution in [2.24, 2.45) is 5.41 Å². The van der Waals surface area contributed by atoms with Gasteiger partial charge in [0, 0.05) is 44.6 Å². The first-order chi connectivity index (χ1) is 15.5. The molecule has 8 nitrogen and oxygen atoms in total. The summed E-state index contributed by atoms with van der Waals surface area (Å²) in [6, 6.07) is 4.70. The van der Waals surface area contributed by atoms with E-state index in [1.807, 2.05) is 4.90 Å². The largest absolute Gasteiger partial charge is 0.495 e. The maximum absolute atomic E-state index is 13.3. The first kappa shape index (κ1) is 23.6. The Balaban J connectivity index is 1.75. The number of anilines is 1. The number of hydrogen-bond donors (Lipinski definition) is 1. The molecular weight excluding hydrogens is 407 g/mol. The number of urea groups is 1. The second-order valence-corrected chi connectivity index (χ2v) is 8.74. The summed E-state index contributed by atoms with van der Waals surface area (Å²) in [6.45, 7) is 1.76. The van der Waals surface area contributed by atoms with Crippen molar-refractivity contribution in [3.8, 4) is 11.7 Å². The van der Waals surface area contributed by atoms with Crippen LogP contribution in [-0.2, 0) is 4.79 Å². The Kier molecular flexibility index (Phi) is 7.78. The Hall–Kier alpha value is -3.02. The molecule has 0 saturated carbocycles. The lowest BCUT2D eigenvalue weighted by molar-refractivity contribution is -0.107. The molecule has 2 saturated heterocycles. The standard InChI is InChI=1S/C23H31BN4O4/c1-26-22(31)28(12-3-15-29)19-16-18(4-5-20(19)32-2)21(30)27-13-8-23(9-14-27)6-10-24(17-25)11-7-23/h4-5,15-16H,3,6-14H2,1-2H3,(H,26,31). The summed E-state index contributed by atoms with van der Waals surface area (Å²) in [5.41, 5.74) is 1.22. The normalized spacial score (nSPS) is 17.4. The van der Waals surface area contributed by atoms with Gasteiger partial charge in [-0.1, -0.05) is 25.5 Å². The highest BCUT2D eigenvalue weighted by atomic mass is 16.5. The molecule has 0 bridgehead atoms. The van der Waals surface area contributed by atoms with Crippen molar-refractivity contribution in [3.05, 3.63) is 23.8 Å². The van der Waals surface area contributed by atoms with Gasteiger partial charge < -0.3 is 19.7 Å². The fourth-order valence-electron chi connectivity index (χ4n) is 4.91. The van der Waals surface area contributed by atoms with Crippen molar-refractivity contribution in [1.29, 1.82) is 5.26 Å². The highest BCUT2D eigenvalue weighted by Crippen LogP contribution is 2.45. The van der Waals surface area contributed by atoms with Gasteiger partial charge in [-0.05, 0) is 36.5 Å². The minimum Gasteiger partial charge on any atom is -0.495 e. The average molecular weight is 438 g/mol. The summed E-state index contributed by atoms with van der Waals surface area (Å²) in [5, 5.41) is 11.7. The Bertz CT molecular complexity index is 882. The molecule has 170 valence electrons. The molecule has 1 N–H and O–H groups in total. The summed E-state index contributed by atoms with van der Waals surface area (Å²) in [7, 11) is 3.03. The number of nitrogens with one attached hydrogen (secondary N) is 1. The van der Waals surface area contributed by atoms with Crippen LogP contribution in [0.5, 0.6) is 5.75 Å². The summed E-state index contributed by atoms with van der Waals surface area (Å²) in [5.74, 6) is 2.79. The van der Waals surface area contributed by atoms with Crippen LogP contribution < -0.4 is 15.0 Å². The molecule has 2 fully saturated rings. The van der Waals surface area contributed by atoms with E-state index >= 15 is 0 Å². The van der Waals surface area contributed by atoms with Crippen LogP contribution in [0, 0.1) is 16.6 Å². The number of nitrogens with zero attached hydrogens (tertiary/aromatic N) is 3. The van der Waals surface area contributed by atoms with Crippen LogP contribution >= 0.6 is 0 Å². The van der Waals surface area contributed by atoms with Gasteiger partial charge in [-0.3, -0.25) is 9.69 Å². The van der Waals surface area contributed by atoms with E-state index < -0.39 is 0 Å². The molecule has 0 aromatic heterocycles. The third kappa shape index (κ3) is 5.06. The number of aldehydes is 1. The molecule has 1 spiro atoms. The van der Waals surface area contributed by atoms with Crippen molar-refractivity contribution in [2.75, 3.05) is 38.7 Å². The molecule has 0 unspecified atom stereocenters. The zero-order chi connectivity index (χ0) is 23.1. The monoisotopic (exact) mass is 438 g/mol. The van der Waals surface area contributed by atoms with Gasteiger partial charge in [-0.2, -0.15) is 0 Å². The van der Waals surface area contributed by atoms with Crippen LogP contribution in [0.15, 0.2) is 18.2 Å². The van der Waals surface area contributed by atoms with E-state index in [0.29, 0.717) is 30.1 Å². The van der Waals surface area contributed by atoms with Gasteiger partial charge in [0.25, 0.3) is 12.6 Å². The fourth-order valence-corrected chi connectivity index (χ4v) is 4.91. The molecule has 2 aliphatic rings. The number of piperidine rings is 1. The minimum atomic E-state index is -0.373. The third-order valence-corrected chi connectivity index (χ3v) is 6.99. The summed E-state index contributed by atoms with van der Waals surface area (Å²) in [6.07, 6.45) is 6.91. The van der Waals surface area contributed by atoms with E-state index in [1.165, 1.54) is 19.1 Å². The van der Waals surface area contributed by atoms with Crippen molar-refractivity contribution >= 4 is 30.6 Å². The highest BCUT2D eigenvalue weighted by molar-refractivity contribution is 6.67. The smallest absolute Gasteiger partial charge is 0.321 e. The molecule has 32 heavy (non-hydrogen) atoms. The van der Waals surface area contributed by atoms with E-state index in [4.69, 9.17) is 10.00 Å². The molecule has 3 rings (SSSR count). The van der Waals surface area contributed by atoms with Crippen LogP contribution in [0.1, 0.15) is 42.5 Å². The lowest BCUT2D eigenvalue weighted by Crippen LogP contribution is -2.45. The molecule has 0 aliphatic carbocycles. The Morgan fingerprint density at radius 2 is 1.97 bits per heavy atom. The number of nitriles is 1. The SMILES string of the molecule is CNC(=O)N(CCC=O)c1cc(C(=O)N2CCC3(CCB(C#N)CC3)CC2)ccc1OC. The molecular formula is C23H31BN4O4. The second-order valence-electron chi connectivity index (χ2n) is 8.74. The molecule has 1 aromatic carbocycles. The van der Waals surface area contributed by atoms with Gasteiger partial charge in [-0.25, -0.2) is 10.1 Å². The highest BCUT2D eigenvalue weighted by Gasteiger charge is 2.40. The van der Waals surface area contributed by atoms with Crippen LogP contribution in [0.25, 0.3) is 0 Å². The fraction of sp³-hybridized carbons (Fsp3) is 0.565. The lowest BCUT2D eigenvalue weighted by Gasteiger charge is -2.44. The number of ether oxygens (including phenoxy) is 1. The summed E-state index contributed by atoms with van der Waals surface area (Å²) in [4.78, 5) is 39.9. The number of carbonyl (C=O) groups excluding carboxylic acids is 3. The Morgan fingerprint density at radius 3 is 2.53 bits per heavy atom. The topological polar surface area (TPSA) is 103 Å². The predicted octanol–water partition coefficient (Wildman–Crippen LogP) is 3.00. The predicted molar refractivity (Wildman–Crippen MR) is 123 cm³/mol. The molecule has 0 radical (unpaired) electrons. The van der Waals surface area contributed by atoms with Crippen LogP contribution in [-0.4, -0.2) is 63.6 Å². The van der Waals surface area contributed by atoms with E-state index in [-0.39, 0.29) is 37.0 Å². The third-order valence-electron chi connectivity index (χ3n) is 6.99. The number of carbonyl (C=O) groups is 3. The van der Waals surface area contributed by atoms with Gasteiger partial charge in [-0.15, -0.1) is 0 Å². The van der Waals surface area contributed by atoms with Gasteiger partial charge in [0.2, 0.25) is 0 Å². The lowest BCUT2D eigenvalue weighted by atomic mass is 9.39. The molecule has 2 aliphatic heterocycles. The zero-order valence-corrected chi connectivity index (χ0v) is 18.9. The van der Waals surface area contributed by atoms with E-state index in [0.717, 1.165) is 44.6 Å². The molecule has 2 heterocycles. The first-order valence-electron chi connectivity index (χ1n) is 11.3. The van der Waals surface area contributed by atoms with E-state index in [9.17, 15) is 14.4 Å². The maximum Gasteiger partial charge on any atom is 0.321 e. The van der Waals surface area contributed by atoms with Crippen molar-refractivity contribution in [3.63, 3.8) is 0 Å². The molecule has 0 atom stereocenters. The average Bonchev–Trinajstić information content (AvgIpc) is 2.84.